The number of esters is 2. The number of carbonyl (C=O) groups is 2. The Morgan fingerprint density at radius 2 is 1.16 bits per heavy atom. The van der Waals surface area contributed by atoms with Gasteiger partial charge in [0.1, 0.15) is 19.8 Å². The van der Waals surface area contributed by atoms with Crippen LogP contribution in [0, 0.1) is 0 Å². The van der Waals surface area contributed by atoms with Crippen molar-refractivity contribution < 1.29 is 46.8 Å². The third kappa shape index (κ3) is 34.5. The lowest BCUT2D eigenvalue weighted by atomic mass is 10.0. The number of epoxide rings is 1. The molecule has 4 atom stereocenters. The average Bonchev–Trinajstić information content (AvgIpc) is 3.89. The highest BCUT2D eigenvalue weighted by atomic mass is 31.2. The van der Waals surface area contributed by atoms with Crippen LogP contribution in [0.4, 0.5) is 0 Å². The number of phosphoric ester groups is 1. The first-order chi connectivity index (χ1) is 26.5. The van der Waals surface area contributed by atoms with E-state index in [2.05, 4.69) is 26.0 Å². The number of allylic oxidation sites excluding steroid dienone is 1. The number of ether oxygens (including phenoxy) is 3. The number of rotatable bonds is 40. The lowest BCUT2D eigenvalue weighted by molar-refractivity contribution is -0.870. The van der Waals surface area contributed by atoms with Crippen LogP contribution in [0.3, 0.4) is 0 Å². The number of quaternary nitrogens is 1. The molecule has 0 aromatic rings. The minimum Gasteiger partial charge on any atom is -0.756 e. The smallest absolute Gasteiger partial charge is 0.306 e. The Labute approximate surface area is 337 Å². The van der Waals surface area contributed by atoms with E-state index >= 15 is 0 Å². The molecule has 0 radical (unpaired) electrons. The molecule has 3 unspecified atom stereocenters. The Balaban J connectivity index is 2.26. The fourth-order valence-electron chi connectivity index (χ4n) is 6.54. The van der Waals surface area contributed by atoms with Gasteiger partial charge in [-0.2, -0.15) is 0 Å². The topological polar surface area (TPSA) is 124 Å². The van der Waals surface area contributed by atoms with E-state index in [0.29, 0.717) is 29.7 Å². The molecule has 0 spiro atoms. The first kappa shape index (κ1) is 51.7. The molecule has 10 nitrogen and oxygen atoms in total. The van der Waals surface area contributed by atoms with Gasteiger partial charge in [-0.05, 0) is 38.5 Å². The molecule has 0 aromatic heterocycles. The molecule has 1 rings (SSSR count). The van der Waals surface area contributed by atoms with Gasteiger partial charge in [0, 0.05) is 12.8 Å². The van der Waals surface area contributed by atoms with Gasteiger partial charge in [0.25, 0.3) is 7.82 Å². The molecule has 1 heterocycles. The Morgan fingerprint density at radius 3 is 1.73 bits per heavy atom. The zero-order valence-corrected chi connectivity index (χ0v) is 37.0. The molecule has 0 N–H and O–H groups in total. The highest BCUT2D eigenvalue weighted by molar-refractivity contribution is 7.45. The molecule has 1 aliphatic rings. The van der Waals surface area contributed by atoms with Gasteiger partial charge in [-0.15, -0.1) is 0 Å². The van der Waals surface area contributed by atoms with Crippen LogP contribution in [-0.4, -0.2) is 82.2 Å². The van der Waals surface area contributed by atoms with Crippen LogP contribution in [0.1, 0.15) is 194 Å². The highest BCUT2D eigenvalue weighted by Gasteiger charge is 2.36. The van der Waals surface area contributed by atoms with Crippen LogP contribution in [0.2, 0.25) is 0 Å². The van der Waals surface area contributed by atoms with Crippen molar-refractivity contribution in [1.29, 1.82) is 0 Å². The van der Waals surface area contributed by atoms with Crippen molar-refractivity contribution in [3.8, 4) is 0 Å². The van der Waals surface area contributed by atoms with Gasteiger partial charge in [-0.1, -0.05) is 154 Å². The number of hydrogen-bond acceptors (Lipinski definition) is 9. The summed E-state index contributed by atoms with van der Waals surface area (Å²) in [7, 11) is 1.16. The highest BCUT2D eigenvalue weighted by Crippen LogP contribution is 2.38. The minimum absolute atomic E-state index is 0.0334. The normalized spacial score (nSPS) is 17.3. The van der Waals surface area contributed by atoms with Crippen molar-refractivity contribution in [2.75, 3.05) is 47.5 Å². The second kappa shape index (κ2) is 33.7. The lowest BCUT2D eigenvalue weighted by Crippen LogP contribution is -2.37. The van der Waals surface area contributed by atoms with Crippen molar-refractivity contribution in [2.24, 2.45) is 0 Å². The summed E-state index contributed by atoms with van der Waals surface area (Å²) >= 11 is 0. The fraction of sp³-hybridized carbons (Fsp3) is 0.909. The van der Waals surface area contributed by atoms with Crippen LogP contribution in [0.25, 0.3) is 0 Å². The predicted octanol–water partition coefficient (Wildman–Crippen LogP) is 10.9. The third-order valence-electron chi connectivity index (χ3n) is 10.2. The van der Waals surface area contributed by atoms with E-state index in [1.54, 1.807) is 0 Å². The van der Waals surface area contributed by atoms with Gasteiger partial charge in [-0.3, -0.25) is 14.2 Å². The number of unbranched alkanes of at least 4 members (excludes halogenated alkanes) is 21. The summed E-state index contributed by atoms with van der Waals surface area (Å²) in [5.74, 6) is -0.848. The largest absolute Gasteiger partial charge is 0.756 e. The summed E-state index contributed by atoms with van der Waals surface area (Å²) in [5.41, 5.74) is 0. The second-order valence-corrected chi connectivity index (χ2v) is 18.2. The van der Waals surface area contributed by atoms with Crippen LogP contribution < -0.4 is 4.89 Å². The molecule has 1 fully saturated rings. The molecule has 0 amide bonds. The summed E-state index contributed by atoms with van der Waals surface area (Å²) < 4.78 is 39.7. The summed E-state index contributed by atoms with van der Waals surface area (Å²) in [6, 6.07) is 0. The number of likely N-dealkylation sites (N-methyl/N-ethyl adjacent to an activating group) is 1. The molecular formula is C44H84NO9P. The van der Waals surface area contributed by atoms with E-state index in [4.69, 9.17) is 23.3 Å². The molecule has 11 heteroatoms. The summed E-state index contributed by atoms with van der Waals surface area (Å²) in [4.78, 5) is 37.5. The maximum Gasteiger partial charge on any atom is 0.306 e. The van der Waals surface area contributed by atoms with Crippen molar-refractivity contribution in [2.45, 2.75) is 212 Å². The Hall–Kier alpha value is -1.29. The summed E-state index contributed by atoms with van der Waals surface area (Å²) in [5, 5.41) is 0. The lowest BCUT2D eigenvalue weighted by Gasteiger charge is -2.28. The van der Waals surface area contributed by atoms with Crippen LogP contribution in [0.15, 0.2) is 12.2 Å². The summed E-state index contributed by atoms with van der Waals surface area (Å²) in [6.07, 6.45) is 35.4. The quantitative estimate of drug-likeness (QED) is 0.0149. The van der Waals surface area contributed by atoms with Crippen LogP contribution in [0.5, 0.6) is 0 Å². The standard InChI is InChI=1S/C44H84NO9P/c1-6-8-10-11-12-13-14-15-16-17-18-19-23-26-30-34-43(46)50-38-40(39-52-55(48,49)51-37-36-45(3,4)5)53-44(47)35-31-27-24-21-20-22-25-29-33-42-41(54-42)32-28-9-7-2/h25,29,40-42H,6-24,26-28,30-39H2,1-5H3/b29-25-/t40-,41?,42?/m1/s1. The molecular weight excluding hydrogens is 717 g/mol. The van der Waals surface area contributed by atoms with E-state index in [1.807, 2.05) is 21.1 Å². The minimum atomic E-state index is -4.63. The van der Waals surface area contributed by atoms with E-state index < -0.39 is 26.5 Å². The predicted molar refractivity (Wildman–Crippen MR) is 222 cm³/mol. The van der Waals surface area contributed by atoms with Crippen molar-refractivity contribution in [3.05, 3.63) is 12.2 Å². The van der Waals surface area contributed by atoms with Crippen molar-refractivity contribution in [3.63, 3.8) is 0 Å². The van der Waals surface area contributed by atoms with E-state index in [-0.39, 0.29) is 32.0 Å². The zero-order chi connectivity index (χ0) is 40.5. The van der Waals surface area contributed by atoms with Crippen LogP contribution in [-0.2, 0) is 37.4 Å². The van der Waals surface area contributed by atoms with Gasteiger partial charge in [0.2, 0.25) is 0 Å². The Morgan fingerprint density at radius 1 is 0.655 bits per heavy atom. The average molecular weight is 802 g/mol. The fourth-order valence-corrected chi connectivity index (χ4v) is 7.27. The molecule has 0 aromatic carbocycles. The summed E-state index contributed by atoms with van der Waals surface area (Å²) in [6.45, 7) is 4.19. The van der Waals surface area contributed by atoms with Crippen molar-refractivity contribution >= 4 is 19.8 Å². The van der Waals surface area contributed by atoms with E-state index in [1.165, 1.54) is 103 Å². The molecule has 0 saturated carbocycles. The first-order valence-electron chi connectivity index (χ1n) is 22.5. The Kier molecular flexibility index (Phi) is 31.7. The third-order valence-corrected chi connectivity index (χ3v) is 11.2. The van der Waals surface area contributed by atoms with Gasteiger partial charge >= 0.3 is 11.9 Å². The first-order valence-corrected chi connectivity index (χ1v) is 24.0. The Bertz CT molecular complexity index is 1020. The number of phosphoric acid groups is 1. The van der Waals surface area contributed by atoms with Gasteiger partial charge in [-0.25, -0.2) is 0 Å². The van der Waals surface area contributed by atoms with Gasteiger partial charge in [0.05, 0.1) is 40.0 Å². The second-order valence-electron chi connectivity index (χ2n) is 16.8. The maximum atomic E-state index is 12.7. The van der Waals surface area contributed by atoms with Crippen molar-refractivity contribution in [1.82, 2.24) is 0 Å². The van der Waals surface area contributed by atoms with E-state index in [0.717, 1.165) is 57.8 Å². The van der Waals surface area contributed by atoms with Crippen LogP contribution >= 0.6 is 7.82 Å². The van der Waals surface area contributed by atoms with E-state index in [9.17, 15) is 19.0 Å². The molecule has 0 bridgehead atoms. The number of hydrogen-bond donors (Lipinski definition) is 0. The van der Waals surface area contributed by atoms with Gasteiger partial charge < -0.3 is 32.6 Å². The molecule has 0 aliphatic carbocycles. The monoisotopic (exact) mass is 802 g/mol. The zero-order valence-electron chi connectivity index (χ0n) is 36.1. The molecule has 55 heavy (non-hydrogen) atoms. The number of carbonyl (C=O) groups excluding carboxylic acids is 2. The SMILES string of the molecule is CCCCCCCCCCCCCCCCCC(=O)OC[C@H](COP(=O)([O-])OCC[N+](C)(C)C)OC(=O)CCCCCCC/C=C\CC1OC1CCCCC. The maximum absolute atomic E-state index is 12.7. The van der Waals surface area contributed by atoms with Gasteiger partial charge in [0.15, 0.2) is 6.10 Å². The molecule has 1 aliphatic heterocycles. The molecule has 324 valence electrons. The number of nitrogens with zero attached hydrogens (tertiary/aromatic N) is 1. The molecule has 1 saturated heterocycles.